The molecule has 1 unspecified atom stereocenters. The Hall–Kier alpha value is -2.11. The highest BCUT2D eigenvalue weighted by Crippen LogP contribution is 2.22. The lowest BCUT2D eigenvalue weighted by Crippen LogP contribution is -2.41. The first-order chi connectivity index (χ1) is 9.97. The van der Waals surface area contributed by atoms with Gasteiger partial charge in [-0.25, -0.2) is 9.18 Å². The van der Waals surface area contributed by atoms with Gasteiger partial charge in [-0.2, -0.15) is 0 Å². The summed E-state index contributed by atoms with van der Waals surface area (Å²) in [6.07, 6.45) is 3.27. The van der Waals surface area contributed by atoms with Crippen LogP contribution >= 0.6 is 0 Å². The van der Waals surface area contributed by atoms with E-state index in [0.717, 1.165) is 37.8 Å². The molecule has 1 atom stereocenters. The maximum atomic E-state index is 13.1. The average molecular weight is 295 g/mol. The van der Waals surface area contributed by atoms with Gasteiger partial charge in [-0.05, 0) is 38.0 Å². The van der Waals surface area contributed by atoms with Crippen molar-refractivity contribution in [1.82, 2.24) is 5.32 Å². The monoisotopic (exact) mass is 295 g/mol. The van der Waals surface area contributed by atoms with Crippen molar-refractivity contribution in [2.75, 3.05) is 0 Å². The summed E-state index contributed by atoms with van der Waals surface area (Å²) >= 11 is 0. The second-order valence-electron chi connectivity index (χ2n) is 5.20. The van der Waals surface area contributed by atoms with E-state index in [1.165, 1.54) is 6.07 Å². The molecule has 1 fully saturated rings. The second-order valence-corrected chi connectivity index (χ2v) is 5.20. The number of ether oxygens (including phenoxy) is 1. The molecule has 0 heterocycles. The number of carbonyl (C=O) groups is 2. The Kier molecular flexibility index (Phi) is 4.77. The number of halogens is 1. The Morgan fingerprint density at radius 3 is 2.67 bits per heavy atom. The van der Waals surface area contributed by atoms with E-state index in [9.17, 15) is 14.0 Å². The zero-order chi connectivity index (χ0) is 15.4. The molecule has 114 valence electrons. The molecule has 21 heavy (non-hydrogen) atoms. The lowest BCUT2D eigenvalue weighted by atomic mass is 10.2. The van der Waals surface area contributed by atoms with Crippen LogP contribution in [0.2, 0.25) is 0 Å². The summed E-state index contributed by atoms with van der Waals surface area (Å²) in [5.74, 6) is -2.27. The van der Waals surface area contributed by atoms with E-state index in [1.54, 1.807) is 6.92 Å². The van der Waals surface area contributed by atoms with Crippen LogP contribution in [0, 0.1) is 5.82 Å². The highest BCUT2D eigenvalue weighted by molar-refractivity contribution is 5.91. The molecule has 1 saturated carbocycles. The molecule has 0 aromatic heterocycles. The van der Waals surface area contributed by atoms with Crippen LogP contribution in [0.15, 0.2) is 18.2 Å². The lowest BCUT2D eigenvalue weighted by Gasteiger charge is -2.18. The molecule has 2 rings (SSSR count). The SMILES string of the molecule is CC(Oc1ccc(F)cc1C(=O)O)C(=O)NC1CCCC1. The topological polar surface area (TPSA) is 75.6 Å². The zero-order valence-electron chi connectivity index (χ0n) is 11.8. The molecule has 1 aromatic carbocycles. The van der Waals surface area contributed by atoms with Gasteiger partial charge < -0.3 is 15.2 Å². The quantitative estimate of drug-likeness (QED) is 0.874. The molecular weight excluding hydrogens is 277 g/mol. The van der Waals surface area contributed by atoms with Crippen LogP contribution in [0.3, 0.4) is 0 Å². The fraction of sp³-hybridized carbons (Fsp3) is 0.467. The standard InChI is InChI=1S/C15H18FNO4/c1-9(14(18)17-11-4-2-3-5-11)21-13-7-6-10(16)8-12(13)15(19)20/h6-9,11H,2-5H2,1H3,(H,17,18)(H,19,20). The highest BCUT2D eigenvalue weighted by Gasteiger charge is 2.23. The summed E-state index contributed by atoms with van der Waals surface area (Å²) in [7, 11) is 0. The Labute approximate surface area is 122 Å². The molecule has 1 aliphatic rings. The van der Waals surface area contributed by atoms with Crippen LogP contribution in [-0.4, -0.2) is 29.1 Å². The second kappa shape index (κ2) is 6.56. The first kappa shape index (κ1) is 15.3. The van der Waals surface area contributed by atoms with E-state index >= 15 is 0 Å². The lowest BCUT2D eigenvalue weighted by molar-refractivity contribution is -0.128. The van der Waals surface area contributed by atoms with Crippen molar-refractivity contribution in [3.05, 3.63) is 29.6 Å². The van der Waals surface area contributed by atoms with Crippen molar-refractivity contribution in [3.63, 3.8) is 0 Å². The number of rotatable bonds is 5. The van der Waals surface area contributed by atoms with E-state index < -0.39 is 17.9 Å². The minimum absolute atomic E-state index is 0.0158. The van der Waals surface area contributed by atoms with Crippen molar-refractivity contribution in [3.8, 4) is 5.75 Å². The third-order valence-electron chi connectivity index (χ3n) is 3.55. The first-order valence-electron chi connectivity index (χ1n) is 6.97. The summed E-state index contributed by atoms with van der Waals surface area (Å²) in [4.78, 5) is 23.1. The Morgan fingerprint density at radius 2 is 2.05 bits per heavy atom. The molecule has 0 radical (unpaired) electrons. The summed E-state index contributed by atoms with van der Waals surface area (Å²) < 4.78 is 18.5. The molecule has 6 heteroatoms. The molecule has 1 amide bonds. The number of carboxylic acids is 1. The molecule has 1 aliphatic carbocycles. The van der Waals surface area contributed by atoms with Gasteiger partial charge in [-0.3, -0.25) is 4.79 Å². The van der Waals surface area contributed by atoms with Gasteiger partial charge in [0, 0.05) is 6.04 Å². The minimum atomic E-state index is -1.30. The third-order valence-corrected chi connectivity index (χ3v) is 3.55. The predicted molar refractivity (Wildman–Crippen MR) is 73.8 cm³/mol. The van der Waals surface area contributed by atoms with E-state index in [1.807, 2.05) is 0 Å². The van der Waals surface area contributed by atoms with Crippen LogP contribution < -0.4 is 10.1 Å². The molecule has 2 N–H and O–H groups in total. The van der Waals surface area contributed by atoms with Crippen molar-refractivity contribution in [2.45, 2.75) is 44.8 Å². The molecule has 5 nitrogen and oxygen atoms in total. The van der Waals surface area contributed by atoms with Gasteiger partial charge in [0.2, 0.25) is 0 Å². The largest absolute Gasteiger partial charge is 0.480 e. The van der Waals surface area contributed by atoms with Gasteiger partial charge in [-0.15, -0.1) is 0 Å². The molecular formula is C15H18FNO4. The van der Waals surface area contributed by atoms with Crippen LogP contribution in [0.5, 0.6) is 5.75 Å². The maximum absolute atomic E-state index is 13.1. The summed E-state index contributed by atoms with van der Waals surface area (Å²) in [5, 5.41) is 11.9. The van der Waals surface area contributed by atoms with Gasteiger partial charge in [0.25, 0.3) is 5.91 Å². The van der Waals surface area contributed by atoms with Crippen molar-refractivity contribution in [1.29, 1.82) is 0 Å². The van der Waals surface area contributed by atoms with E-state index in [-0.39, 0.29) is 23.3 Å². The van der Waals surface area contributed by atoms with Gasteiger partial charge in [0.15, 0.2) is 6.10 Å². The minimum Gasteiger partial charge on any atom is -0.480 e. The van der Waals surface area contributed by atoms with E-state index in [4.69, 9.17) is 9.84 Å². The van der Waals surface area contributed by atoms with Gasteiger partial charge in [0.1, 0.15) is 17.1 Å². The van der Waals surface area contributed by atoms with Crippen molar-refractivity contribution >= 4 is 11.9 Å². The van der Waals surface area contributed by atoms with Crippen molar-refractivity contribution < 1.29 is 23.8 Å². The molecule has 1 aromatic rings. The van der Waals surface area contributed by atoms with Crippen LogP contribution in [-0.2, 0) is 4.79 Å². The number of carbonyl (C=O) groups excluding carboxylic acids is 1. The number of benzene rings is 1. The number of hydrogen-bond acceptors (Lipinski definition) is 3. The fourth-order valence-corrected chi connectivity index (χ4v) is 2.40. The van der Waals surface area contributed by atoms with Crippen LogP contribution in [0.25, 0.3) is 0 Å². The highest BCUT2D eigenvalue weighted by atomic mass is 19.1. The summed E-state index contributed by atoms with van der Waals surface area (Å²) in [5.41, 5.74) is -0.296. The van der Waals surface area contributed by atoms with E-state index in [2.05, 4.69) is 5.32 Å². The number of carboxylic acid groups (broad SMARTS) is 1. The number of hydrogen-bond donors (Lipinski definition) is 2. The zero-order valence-corrected chi connectivity index (χ0v) is 11.8. The van der Waals surface area contributed by atoms with Gasteiger partial charge in [-0.1, -0.05) is 12.8 Å². The summed E-state index contributed by atoms with van der Waals surface area (Å²) in [6, 6.07) is 3.36. The Bertz CT molecular complexity index is 540. The normalized spacial score (nSPS) is 16.5. The van der Waals surface area contributed by atoms with Crippen LogP contribution in [0.1, 0.15) is 43.0 Å². The average Bonchev–Trinajstić information content (AvgIpc) is 2.93. The predicted octanol–water partition coefficient (Wildman–Crippen LogP) is 2.35. The van der Waals surface area contributed by atoms with Gasteiger partial charge >= 0.3 is 5.97 Å². The summed E-state index contributed by atoms with van der Waals surface area (Å²) in [6.45, 7) is 1.54. The Morgan fingerprint density at radius 1 is 1.38 bits per heavy atom. The molecule has 0 aliphatic heterocycles. The number of aromatic carboxylic acids is 1. The molecule has 0 spiro atoms. The number of nitrogens with one attached hydrogen (secondary N) is 1. The fourth-order valence-electron chi connectivity index (χ4n) is 2.40. The maximum Gasteiger partial charge on any atom is 0.339 e. The smallest absolute Gasteiger partial charge is 0.339 e. The number of amides is 1. The third kappa shape index (κ3) is 3.93. The molecule has 0 saturated heterocycles. The van der Waals surface area contributed by atoms with Crippen molar-refractivity contribution in [2.24, 2.45) is 0 Å². The van der Waals surface area contributed by atoms with E-state index in [0.29, 0.717) is 0 Å². The Balaban J connectivity index is 2.03. The molecule has 0 bridgehead atoms. The first-order valence-corrected chi connectivity index (χ1v) is 6.97. The van der Waals surface area contributed by atoms with Crippen LogP contribution in [0.4, 0.5) is 4.39 Å². The van der Waals surface area contributed by atoms with Gasteiger partial charge in [0.05, 0.1) is 0 Å².